The van der Waals surface area contributed by atoms with E-state index in [1.165, 1.54) is 0 Å². The van der Waals surface area contributed by atoms with E-state index < -0.39 is 0 Å². The van der Waals surface area contributed by atoms with E-state index in [1.54, 1.807) is 4.68 Å². The molecule has 0 aliphatic rings. The molecule has 4 nitrogen and oxygen atoms in total. The molecule has 0 bridgehead atoms. The van der Waals surface area contributed by atoms with Gasteiger partial charge in [-0.1, -0.05) is 35.9 Å². The Morgan fingerprint density at radius 2 is 1.95 bits per heavy atom. The second kappa shape index (κ2) is 5.81. The number of amides is 1. The SMILES string of the molecule is Cc1ccc2c(C(=O)NCc3ccc(Cl)cc3)nn(C)c2c1. The molecule has 2 aromatic carbocycles. The Hall–Kier alpha value is -2.33. The van der Waals surface area contributed by atoms with Crippen LogP contribution in [0.4, 0.5) is 0 Å². The Balaban J connectivity index is 1.82. The number of aromatic nitrogens is 2. The number of carbonyl (C=O) groups excluding carboxylic acids is 1. The van der Waals surface area contributed by atoms with Crippen LogP contribution in [0.2, 0.25) is 5.02 Å². The molecular weight excluding hydrogens is 298 g/mol. The normalized spacial score (nSPS) is 10.9. The number of aryl methyl sites for hydroxylation is 2. The van der Waals surface area contributed by atoms with Gasteiger partial charge in [0.05, 0.1) is 5.52 Å². The Labute approximate surface area is 133 Å². The Morgan fingerprint density at radius 3 is 2.68 bits per heavy atom. The maximum atomic E-state index is 12.4. The third kappa shape index (κ3) is 2.83. The second-order valence-corrected chi connectivity index (χ2v) is 5.74. The molecule has 1 aromatic heterocycles. The zero-order valence-corrected chi connectivity index (χ0v) is 13.2. The number of carbonyl (C=O) groups is 1. The van der Waals surface area contributed by atoms with Crippen LogP contribution in [-0.4, -0.2) is 15.7 Å². The average molecular weight is 314 g/mol. The fourth-order valence-corrected chi connectivity index (χ4v) is 2.53. The molecule has 0 aliphatic carbocycles. The van der Waals surface area contributed by atoms with Gasteiger partial charge in [-0.05, 0) is 36.2 Å². The van der Waals surface area contributed by atoms with Crippen molar-refractivity contribution in [3.05, 3.63) is 64.3 Å². The number of nitrogens with one attached hydrogen (secondary N) is 1. The summed E-state index contributed by atoms with van der Waals surface area (Å²) in [5, 5.41) is 8.78. The molecule has 3 rings (SSSR count). The summed E-state index contributed by atoms with van der Waals surface area (Å²) in [6.45, 7) is 2.46. The lowest BCUT2D eigenvalue weighted by molar-refractivity contribution is 0.0947. The zero-order valence-electron chi connectivity index (χ0n) is 12.4. The zero-order chi connectivity index (χ0) is 15.7. The highest BCUT2D eigenvalue weighted by Crippen LogP contribution is 2.19. The van der Waals surface area contributed by atoms with Crippen LogP contribution in [0, 0.1) is 6.92 Å². The lowest BCUT2D eigenvalue weighted by atomic mass is 10.1. The van der Waals surface area contributed by atoms with Crippen molar-refractivity contribution in [2.45, 2.75) is 13.5 Å². The van der Waals surface area contributed by atoms with Crippen LogP contribution in [0.25, 0.3) is 10.9 Å². The molecule has 1 heterocycles. The van der Waals surface area contributed by atoms with E-state index in [2.05, 4.69) is 10.4 Å². The van der Waals surface area contributed by atoms with Gasteiger partial charge in [-0.3, -0.25) is 9.48 Å². The highest BCUT2D eigenvalue weighted by molar-refractivity contribution is 6.30. The topological polar surface area (TPSA) is 46.9 Å². The van der Waals surface area contributed by atoms with Crippen LogP contribution in [0.5, 0.6) is 0 Å². The molecule has 0 radical (unpaired) electrons. The fourth-order valence-electron chi connectivity index (χ4n) is 2.40. The summed E-state index contributed by atoms with van der Waals surface area (Å²) in [5.74, 6) is -0.176. The van der Waals surface area contributed by atoms with Crippen molar-refractivity contribution in [3.63, 3.8) is 0 Å². The second-order valence-electron chi connectivity index (χ2n) is 5.30. The number of rotatable bonds is 3. The highest BCUT2D eigenvalue weighted by atomic mass is 35.5. The predicted molar refractivity (Wildman–Crippen MR) is 88.1 cm³/mol. The monoisotopic (exact) mass is 313 g/mol. The summed E-state index contributed by atoms with van der Waals surface area (Å²) in [6, 6.07) is 13.3. The van der Waals surface area contributed by atoms with Gasteiger partial charge in [-0.25, -0.2) is 0 Å². The largest absolute Gasteiger partial charge is 0.347 e. The fraction of sp³-hybridized carbons (Fsp3) is 0.176. The maximum absolute atomic E-state index is 12.4. The summed E-state index contributed by atoms with van der Waals surface area (Å²) >= 11 is 5.85. The Bertz CT molecular complexity index is 837. The quantitative estimate of drug-likeness (QED) is 0.805. The van der Waals surface area contributed by atoms with Gasteiger partial charge in [0.15, 0.2) is 5.69 Å². The maximum Gasteiger partial charge on any atom is 0.272 e. The van der Waals surface area contributed by atoms with Crippen LogP contribution < -0.4 is 5.32 Å². The van der Waals surface area contributed by atoms with Gasteiger partial charge in [0.1, 0.15) is 0 Å². The van der Waals surface area contributed by atoms with Crippen LogP contribution in [0.1, 0.15) is 21.6 Å². The van der Waals surface area contributed by atoms with E-state index in [0.29, 0.717) is 17.3 Å². The third-order valence-electron chi connectivity index (χ3n) is 3.59. The van der Waals surface area contributed by atoms with Crippen molar-refractivity contribution < 1.29 is 4.79 Å². The van der Waals surface area contributed by atoms with Crippen molar-refractivity contribution in [2.24, 2.45) is 7.05 Å². The van der Waals surface area contributed by atoms with Crippen LogP contribution in [-0.2, 0) is 13.6 Å². The predicted octanol–water partition coefficient (Wildman–Crippen LogP) is 3.47. The smallest absolute Gasteiger partial charge is 0.272 e. The first-order chi connectivity index (χ1) is 10.5. The van der Waals surface area contributed by atoms with E-state index in [0.717, 1.165) is 22.0 Å². The highest BCUT2D eigenvalue weighted by Gasteiger charge is 2.15. The van der Waals surface area contributed by atoms with Crippen molar-refractivity contribution in [2.75, 3.05) is 0 Å². The number of hydrogen-bond acceptors (Lipinski definition) is 2. The lowest BCUT2D eigenvalue weighted by Crippen LogP contribution is -2.23. The van der Waals surface area contributed by atoms with Crippen molar-refractivity contribution in [1.82, 2.24) is 15.1 Å². The van der Waals surface area contributed by atoms with Crippen LogP contribution >= 0.6 is 11.6 Å². The Morgan fingerprint density at radius 1 is 1.23 bits per heavy atom. The number of fused-ring (bicyclic) bond motifs is 1. The van der Waals surface area contributed by atoms with Crippen LogP contribution in [0.15, 0.2) is 42.5 Å². The molecule has 0 fully saturated rings. The van der Waals surface area contributed by atoms with Gasteiger partial charge in [0.25, 0.3) is 5.91 Å². The summed E-state index contributed by atoms with van der Waals surface area (Å²) in [4.78, 5) is 12.4. The van der Waals surface area contributed by atoms with E-state index in [-0.39, 0.29) is 5.91 Å². The Kier molecular flexibility index (Phi) is 3.86. The van der Waals surface area contributed by atoms with E-state index in [9.17, 15) is 4.79 Å². The minimum atomic E-state index is -0.176. The van der Waals surface area contributed by atoms with Crippen molar-refractivity contribution in [1.29, 1.82) is 0 Å². The summed E-state index contributed by atoms with van der Waals surface area (Å²) < 4.78 is 1.74. The first-order valence-electron chi connectivity index (χ1n) is 7.00. The molecule has 0 spiro atoms. The first-order valence-corrected chi connectivity index (χ1v) is 7.38. The number of halogens is 1. The van der Waals surface area contributed by atoms with Crippen molar-refractivity contribution >= 4 is 28.4 Å². The molecule has 0 atom stereocenters. The lowest BCUT2D eigenvalue weighted by Gasteiger charge is -2.04. The van der Waals surface area contributed by atoms with Gasteiger partial charge in [-0.15, -0.1) is 0 Å². The molecule has 1 amide bonds. The molecule has 5 heteroatoms. The summed E-state index contributed by atoms with van der Waals surface area (Å²) in [6.07, 6.45) is 0. The first kappa shape index (κ1) is 14.6. The molecule has 22 heavy (non-hydrogen) atoms. The standard InChI is InChI=1S/C17H16ClN3O/c1-11-3-8-14-15(9-11)21(2)20-16(14)17(22)19-10-12-4-6-13(18)7-5-12/h3-9H,10H2,1-2H3,(H,19,22). The van der Waals surface area contributed by atoms with Gasteiger partial charge >= 0.3 is 0 Å². The third-order valence-corrected chi connectivity index (χ3v) is 3.84. The summed E-state index contributed by atoms with van der Waals surface area (Å²) in [7, 11) is 1.84. The molecule has 0 saturated carbocycles. The number of hydrogen-bond donors (Lipinski definition) is 1. The van der Waals surface area contributed by atoms with Gasteiger partial charge in [0.2, 0.25) is 0 Å². The van der Waals surface area contributed by atoms with Gasteiger partial charge in [-0.2, -0.15) is 5.10 Å². The van der Waals surface area contributed by atoms with E-state index >= 15 is 0 Å². The average Bonchev–Trinajstić information content (AvgIpc) is 2.83. The van der Waals surface area contributed by atoms with Crippen molar-refractivity contribution in [3.8, 4) is 0 Å². The van der Waals surface area contributed by atoms with Gasteiger partial charge in [0, 0.05) is 24.0 Å². The molecule has 3 aromatic rings. The molecule has 1 N–H and O–H groups in total. The minimum Gasteiger partial charge on any atom is -0.347 e. The molecule has 0 unspecified atom stereocenters. The van der Waals surface area contributed by atoms with Gasteiger partial charge < -0.3 is 5.32 Å². The molecule has 0 saturated heterocycles. The number of nitrogens with zero attached hydrogens (tertiary/aromatic N) is 2. The molecule has 112 valence electrons. The van der Waals surface area contributed by atoms with Crippen LogP contribution in [0.3, 0.4) is 0 Å². The minimum absolute atomic E-state index is 0.176. The molecular formula is C17H16ClN3O. The van der Waals surface area contributed by atoms with E-state index in [1.807, 2.05) is 56.4 Å². The number of benzene rings is 2. The molecule has 0 aliphatic heterocycles. The summed E-state index contributed by atoms with van der Waals surface area (Å²) in [5.41, 5.74) is 3.54. The van der Waals surface area contributed by atoms with E-state index in [4.69, 9.17) is 11.6 Å².